The molecule has 0 saturated carbocycles. The highest BCUT2D eigenvalue weighted by Crippen LogP contribution is 2.13. The molecule has 110 valence electrons. The lowest BCUT2D eigenvalue weighted by Gasteiger charge is -2.18. The first-order chi connectivity index (χ1) is 10.2. The van der Waals surface area contributed by atoms with E-state index in [2.05, 4.69) is 5.32 Å². The zero-order chi connectivity index (χ0) is 15.1. The Kier molecular flexibility index (Phi) is 5.15. The molecule has 2 aromatic carbocycles. The van der Waals surface area contributed by atoms with Crippen molar-refractivity contribution in [1.82, 2.24) is 4.90 Å². The number of para-hydroxylation sites is 2. The molecule has 5 heteroatoms. The maximum atomic E-state index is 13.4. The van der Waals surface area contributed by atoms with Crippen LogP contribution < -0.4 is 10.1 Å². The zero-order valence-corrected chi connectivity index (χ0v) is 11.8. The standard InChI is InChI=1S/C16H17FN2O2/c1-19(11-12-21-13-7-3-2-4-8-13)16(20)18-15-10-6-5-9-14(15)17/h2-10H,11-12H2,1H3,(H,18,20). The van der Waals surface area contributed by atoms with Crippen molar-refractivity contribution in [2.75, 3.05) is 25.5 Å². The Morgan fingerprint density at radius 2 is 1.81 bits per heavy atom. The number of halogens is 1. The molecular weight excluding hydrogens is 271 g/mol. The normalized spacial score (nSPS) is 10.0. The molecular formula is C16H17FN2O2. The summed E-state index contributed by atoms with van der Waals surface area (Å²) in [5, 5.41) is 2.52. The largest absolute Gasteiger partial charge is 0.492 e. The Hall–Kier alpha value is -2.56. The summed E-state index contributed by atoms with van der Waals surface area (Å²) in [6.45, 7) is 0.764. The fourth-order valence-electron chi connectivity index (χ4n) is 1.69. The summed E-state index contributed by atoms with van der Waals surface area (Å²) >= 11 is 0. The van der Waals surface area contributed by atoms with Crippen LogP contribution in [0.4, 0.5) is 14.9 Å². The van der Waals surface area contributed by atoms with E-state index in [1.165, 1.54) is 17.0 Å². The molecule has 0 fully saturated rings. The molecule has 0 aliphatic rings. The highest BCUT2D eigenvalue weighted by atomic mass is 19.1. The van der Waals surface area contributed by atoms with Gasteiger partial charge in [0.2, 0.25) is 0 Å². The predicted molar refractivity (Wildman–Crippen MR) is 80.0 cm³/mol. The number of nitrogens with zero attached hydrogens (tertiary/aromatic N) is 1. The molecule has 2 rings (SSSR count). The molecule has 0 saturated heterocycles. The molecule has 0 aliphatic carbocycles. The molecule has 2 amide bonds. The highest BCUT2D eigenvalue weighted by molar-refractivity contribution is 5.89. The van der Waals surface area contributed by atoms with Gasteiger partial charge in [-0.3, -0.25) is 0 Å². The minimum atomic E-state index is -0.459. The van der Waals surface area contributed by atoms with Gasteiger partial charge in [-0.1, -0.05) is 30.3 Å². The first-order valence-corrected chi connectivity index (χ1v) is 6.61. The van der Waals surface area contributed by atoms with Gasteiger partial charge in [-0.2, -0.15) is 0 Å². The number of likely N-dealkylation sites (N-methyl/N-ethyl adjacent to an activating group) is 1. The third-order valence-corrected chi connectivity index (χ3v) is 2.90. The molecule has 0 heterocycles. The van der Waals surface area contributed by atoms with Crippen LogP contribution in [0.15, 0.2) is 54.6 Å². The van der Waals surface area contributed by atoms with Gasteiger partial charge in [-0.25, -0.2) is 9.18 Å². The summed E-state index contributed by atoms with van der Waals surface area (Å²) in [6, 6.07) is 15.0. The van der Waals surface area contributed by atoms with Gasteiger partial charge in [0.1, 0.15) is 18.2 Å². The molecule has 1 N–H and O–H groups in total. The van der Waals surface area contributed by atoms with E-state index in [1.807, 2.05) is 30.3 Å². The van der Waals surface area contributed by atoms with Crippen LogP contribution in [0.3, 0.4) is 0 Å². The fourth-order valence-corrected chi connectivity index (χ4v) is 1.69. The van der Waals surface area contributed by atoms with Crippen molar-refractivity contribution in [3.63, 3.8) is 0 Å². The molecule has 2 aromatic rings. The first-order valence-electron chi connectivity index (χ1n) is 6.61. The Morgan fingerprint density at radius 3 is 2.52 bits per heavy atom. The van der Waals surface area contributed by atoms with Crippen molar-refractivity contribution >= 4 is 11.7 Å². The number of hydrogen-bond donors (Lipinski definition) is 1. The van der Waals surface area contributed by atoms with Crippen LogP contribution in [0.2, 0.25) is 0 Å². The van der Waals surface area contributed by atoms with E-state index in [1.54, 1.807) is 19.2 Å². The van der Waals surface area contributed by atoms with Gasteiger partial charge in [0.05, 0.1) is 12.2 Å². The molecule has 0 unspecified atom stereocenters. The monoisotopic (exact) mass is 288 g/mol. The minimum Gasteiger partial charge on any atom is -0.492 e. The number of carbonyl (C=O) groups is 1. The molecule has 0 aromatic heterocycles. The van der Waals surface area contributed by atoms with Gasteiger partial charge in [0.25, 0.3) is 0 Å². The molecule has 0 radical (unpaired) electrons. The van der Waals surface area contributed by atoms with Gasteiger partial charge in [0, 0.05) is 7.05 Å². The van der Waals surface area contributed by atoms with Gasteiger partial charge in [0.15, 0.2) is 0 Å². The number of benzene rings is 2. The van der Waals surface area contributed by atoms with Crippen LogP contribution in [0.1, 0.15) is 0 Å². The van der Waals surface area contributed by atoms with Crippen molar-refractivity contribution in [2.45, 2.75) is 0 Å². The average Bonchev–Trinajstić information content (AvgIpc) is 2.50. The number of ether oxygens (including phenoxy) is 1. The topological polar surface area (TPSA) is 41.6 Å². The Labute approximate surface area is 123 Å². The second-order valence-electron chi connectivity index (χ2n) is 4.49. The second kappa shape index (κ2) is 7.28. The van der Waals surface area contributed by atoms with Crippen LogP contribution >= 0.6 is 0 Å². The van der Waals surface area contributed by atoms with Crippen LogP contribution in [0, 0.1) is 5.82 Å². The number of urea groups is 1. The number of carbonyl (C=O) groups excluding carboxylic acids is 1. The van der Waals surface area contributed by atoms with E-state index in [9.17, 15) is 9.18 Å². The summed E-state index contributed by atoms with van der Waals surface area (Å²) in [6.07, 6.45) is 0. The van der Waals surface area contributed by atoms with E-state index >= 15 is 0 Å². The molecule has 0 spiro atoms. The third kappa shape index (κ3) is 4.49. The number of hydrogen-bond acceptors (Lipinski definition) is 2. The Balaban J connectivity index is 1.79. The van der Waals surface area contributed by atoms with Crippen molar-refractivity contribution in [3.8, 4) is 5.75 Å². The summed E-state index contributed by atoms with van der Waals surface area (Å²) in [5.74, 6) is 0.292. The van der Waals surface area contributed by atoms with Crippen molar-refractivity contribution in [1.29, 1.82) is 0 Å². The predicted octanol–water partition coefficient (Wildman–Crippen LogP) is 3.37. The van der Waals surface area contributed by atoms with Gasteiger partial charge >= 0.3 is 6.03 Å². The summed E-state index contributed by atoms with van der Waals surface area (Å²) in [4.78, 5) is 13.3. The molecule has 0 bridgehead atoms. The summed E-state index contributed by atoms with van der Waals surface area (Å²) < 4.78 is 18.9. The summed E-state index contributed by atoms with van der Waals surface area (Å²) in [5.41, 5.74) is 0.165. The highest BCUT2D eigenvalue weighted by Gasteiger charge is 2.10. The van der Waals surface area contributed by atoms with Crippen molar-refractivity contribution in [2.24, 2.45) is 0 Å². The smallest absolute Gasteiger partial charge is 0.321 e. The maximum absolute atomic E-state index is 13.4. The van der Waals surface area contributed by atoms with Gasteiger partial charge in [-0.05, 0) is 24.3 Å². The van der Waals surface area contributed by atoms with Crippen molar-refractivity contribution < 1.29 is 13.9 Å². The fraction of sp³-hybridized carbons (Fsp3) is 0.188. The van der Waals surface area contributed by atoms with E-state index < -0.39 is 5.82 Å². The van der Waals surface area contributed by atoms with Crippen LogP contribution in [0.25, 0.3) is 0 Å². The number of nitrogens with one attached hydrogen (secondary N) is 1. The SMILES string of the molecule is CN(CCOc1ccccc1)C(=O)Nc1ccccc1F. The lowest BCUT2D eigenvalue weighted by molar-refractivity contribution is 0.207. The maximum Gasteiger partial charge on any atom is 0.321 e. The van der Waals surface area contributed by atoms with E-state index in [0.29, 0.717) is 13.2 Å². The minimum absolute atomic E-state index is 0.165. The third-order valence-electron chi connectivity index (χ3n) is 2.90. The first kappa shape index (κ1) is 14.8. The molecule has 0 aliphatic heterocycles. The summed E-state index contributed by atoms with van der Waals surface area (Å²) in [7, 11) is 1.63. The van der Waals surface area contributed by atoms with Gasteiger partial charge in [-0.15, -0.1) is 0 Å². The van der Waals surface area contributed by atoms with Gasteiger partial charge < -0.3 is 15.0 Å². The lowest BCUT2D eigenvalue weighted by Crippen LogP contribution is -2.34. The van der Waals surface area contributed by atoms with Crippen LogP contribution in [-0.2, 0) is 0 Å². The Morgan fingerprint density at radius 1 is 1.14 bits per heavy atom. The Bertz CT molecular complexity index is 590. The molecule has 0 atom stereocenters. The van der Waals surface area contributed by atoms with Crippen LogP contribution in [-0.4, -0.2) is 31.1 Å². The molecule has 21 heavy (non-hydrogen) atoms. The quantitative estimate of drug-likeness (QED) is 0.916. The lowest BCUT2D eigenvalue weighted by atomic mass is 10.3. The van der Waals surface area contributed by atoms with E-state index in [0.717, 1.165) is 5.75 Å². The molecule has 4 nitrogen and oxygen atoms in total. The number of rotatable bonds is 5. The van der Waals surface area contributed by atoms with E-state index in [4.69, 9.17) is 4.74 Å². The van der Waals surface area contributed by atoms with Crippen LogP contribution in [0.5, 0.6) is 5.75 Å². The zero-order valence-electron chi connectivity index (χ0n) is 11.8. The van der Waals surface area contributed by atoms with Crippen molar-refractivity contribution in [3.05, 3.63) is 60.4 Å². The number of amides is 2. The second-order valence-corrected chi connectivity index (χ2v) is 4.49. The number of anilines is 1. The van der Waals surface area contributed by atoms with E-state index in [-0.39, 0.29) is 11.7 Å². The average molecular weight is 288 g/mol.